The standard InChI is InChI=1S/C36H41N3O12/c1-19(2)32-35(46)39(38(22(6)41)28(15-26-13-11-10-12-14-26)33(45)36(47)48-20(3)4)29(18-37(32)21(5)40)27-16-30(49-23(7)42)34(51-25(9)44)31(17-27)50-24(8)43/h10-14,16-20,28,32H,15H2,1-9H3/t28-,32?/m0/s1. The van der Waals surface area contributed by atoms with Crippen LogP contribution in [0.2, 0.25) is 0 Å². The molecule has 1 aliphatic rings. The van der Waals surface area contributed by atoms with Gasteiger partial charge >= 0.3 is 23.9 Å². The van der Waals surface area contributed by atoms with Gasteiger partial charge in [0.15, 0.2) is 11.5 Å². The summed E-state index contributed by atoms with van der Waals surface area (Å²) in [4.78, 5) is 106. The molecule has 0 aliphatic carbocycles. The van der Waals surface area contributed by atoms with Gasteiger partial charge in [-0.2, -0.15) is 0 Å². The molecule has 1 unspecified atom stereocenters. The lowest BCUT2D eigenvalue weighted by Crippen LogP contribution is -2.64. The normalized spacial score (nSPS) is 14.8. The Morgan fingerprint density at radius 1 is 0.784 bits per heavy atom. The molecule has 0 radical (unpaired) electrons. The fourth-order valence-corrected chi connectivity index (χ4v) is 5.41. The number of esters is 4. The van der Waals surface area contributed by atoms with E-state index in [1.165, 1.54) is 13.1 Å². The maximum absolute atomic E-state index is 14.7. The Morgan fingerprint density at radius 3 is 1.75 bits per heavy atom. The van der Waals surface area contributed by atoms with E-state index in [1.807, 2.05) is 0 Å². The molecule has 3 rings (SSSR count). The van der Waals surface area contributed by atoms with Crippen molar-refractivity contribution in [2.45, 2.75) is 86.9 Å². The van der Waals surface area contributed by atoms with Crippen molar-refractivity contribution in [2.24, 2.45) is 5.92 Å². The van der Waals surface area contributed by atoms with Crippen molar-refractivity contribution in [3.05, 3.63) is 59.8 Å². The van der Waals surface area contributed by atoms with E-state index in [4.69, 9.17) is 18.9 Å². The fourth-order valence-electron chi connectivity index (χ4n) is 5.41. The predicted octanol–water partition coefficient (Wildman–Crippen LogP) is 3.37. The molecule has 0 fully saturated rings. The van der Waals surface area contributed by atoms with Crippen molar-refractivity contribution < 1.29 is 57.3 Å². The fraction of sp³-hybridized carbons (Fsp3) is 0.389. The number of nitrogens with zero attached hydrogens (tertiary/aromatic N) is 3. The topological polar surface area (TPSA) is 183 Å². The average molecular weight is 708 g/mol. The third kappa shape index (κ3) is 9.65. The van der Waals surface area contributed by atoms with Gasteiger partial charge in [-0.05, 0) is 37.5 Å². The summed E-state index contributed by atoms with van der Waals surface area (Å²) in [6.07, 6.45) is 0.312. The van der Waals surface area contributed by atoms with Crippen LogP contribution in [-0.2, 0) is 49.5 Å². The van der Waals surface area contributed by atoms with E-state index in [1.54, 1.807) is 58.0 Å². The summed E-state index contributed by atoms with van der Waals surface area (Å²) in [7, 11) is 0. The highest BCUT2D eigenvalue weighted by Crippen LogP contribution is 2.43. The summed E-state index contributed by atoms with van der Waals surface area (Å²) < 4.78 is 21.1. The van der Waals surface area contributed by atoms with Crippen LogP contribution < -0.4 is 14.2 Å². The van der Waals surface area contributed by atoms with Crippen LogP contribution in [0.3, 0.4) is 0 Å². The maximum Gasteiger partial charge on any atom is 0.377 e. The lowest BCUT2D eigenvalue weighted by Gasteiger charge is -2.46. The van der Waals surface area contributed by atoms with Crippen LogP contribution in [0.5, 0.6) is 17.2 Å². The van der Waals surface area contributed by atoms with Gasteiger partial charge in [-0.25, -0.2) is 14.8 Å². The van der Waals surface area contributed by atoms with E-state index in [-0.39, 0.29) is 17.7 Å². The number of ether oxygens (including phenoxy) is 4. The van der Waals surface area contributed by atoms with Crippen LogP contribution in [0.15, 0.2) is 48.7 Å². The molecule has 272 valence electrons. The van der Waals surface area contributed by atoms with Crippen LogP contribution in [0.1, 0.15) is 73.4 Å². The molecule has 0 bridgehead atoms. The molecule has 15 nitrogen and oxygen atoms in total. The second-order valence-electron chi connectivity index (χ2n) is 12.2. The third-order valence-electron chi connectivity index (χ3n) is 7.27. The van der Waals surface area contributed by atoms with Gasteiger partial charge in [-0.3, -0.25) is 33.6 Å². The summed E-state index contributed by atoms with van der Waals surface area (Å²) in [6.45, 7) is 11.9. The van der Waals surface area contributed by atoms with E-state index < -0.39 is 88.7 Å². The second kappa shape index (κ2) is 16.7. The first kappa shape index (κ1) is 39.6. The van der Waals surface area contributed by atoms with Gasteiger partial charge in [0.25, 0.3) is 11.7 Å². The first-order valence-corrected chi connectivity index (χ1v) is 16.0. The Bertz CT molecular complexity index is 1730. The Balaban J connectivity index is 2.47. The molecule has 0 aromatic heterocycles. The van der Waals surface area contributed by atoms with Crippen LogP contribution in [0.25, 0.3) is 5.70 Å². The number of carbonyl (C=O) groups excluding carboxylic acids is 8. The van der Waals surface area contributed by atoms with Crippen LogP contribution in [0, 0.1) is 5.92 Å². The molecule has 0 spiro atoms. The van der Waals surface area contributed by atoms with Crippen LogP contribution in [-0.4, -0.2) is 80.5 Å². The quantitative estimate of drug-likeness (QED) is 0.178. The largest absolute Gasteiger partial charge is 0.457 e. The maximum atomic E-state index is 14.7. The molecule has 15 heteroatoms. The number of hydrogen-bond acceptors (Lipinski definition) is 12. The molecule has 1 aliphatic heterocycles. The van der Waals surface area contributed by atoms with Gasteiger partial charge in [0, 0.05) is 52.8 Å². The number of hydrazine groups is 1. The molecule has 0 saturated heterocycles. The van der Waals surface area contributed by atoms with Crippen molar-refractivity contribution in [1.29, 1.82) is 0 Å². The number of ketones is 1. The lowest BCUT2D eigenvalue weighted by molar-refractivity contribution is -0.172. The summed E-state index contributed by atoms with van der Waals surface area (Å²) >= 11 is 0. The van der Waals surface area contributed by atoms with E-state index in [0.717, 1.165) is 54.7 Å². The van der Waals surface area contributed by atoms with E-state index in [2.05, 4.69) is 0 Å². The van der Waals surface area contributed by atoms with Crippen molar-refractivity contribution in [1.82, 2.24) is 14.9 Å². The van der Waals surface area contributed by atoms with Gasteiger partial charge in [0.2, 0.25) is 17.6 Å². The number of hydrogen-bond donors (Lipinski definition) is 0. The summed E-state index contributed by atoms with van der Waals surface area (Å²) in [5, 5.41) is 1.69. The van der Waals surface area contributed by atoms with Crippen LogP contribution in [0.4, 0.5) is 0 Å². The average Bonchev–Trinajstić information content (AvgIpc) is 3.01. The number of amides is 3. The third-order valence-corrected chi connectivity index (χ3v) is 7.27. The molecule has 0 N–H and O–H groups in total. The van der Waals surface area contributed by atoms with Gasteiger partial charge in [-0.15, -0.1) is 0 Å². The molecule has 3 amide bonds. The molecule has 2 aromatic carbocycles. The van der Waals surface area contributed by atoms with Crippen molar-refractivity contribution in [2.75, 3.05) is 0 Å². The van der Waals surface area contributed by atoms with Gasteiger partial charge < -0.3 is 23.8 Å². The molecular formula is C36H41N3O12. The van der Waals surface area contributed by atoms with Crippen molar-refractivity contribution in [3.63, 3.8) is 0 Å². The highest BCUT2D eigenvalue weighted by molar-refractivity contribution is 6.36. The summed E-state index contributed by atoms with van der Waals surface area (Å²) in [6, 6.07) is 7.91. The van der Waals surface area contributed by atoms with Gasteiger partial charge in [-0.1, -0.05) is 44.2 Å². The first-order chi connectivity index (χ1) is 23.8. The second-order valence-corrected chi connectivity index (χ2v) is 12.2. The minimum absolute atomic E-state index is 0.0953. The Kier molecular flexibility index (Phi) is 13.0. The van der Waals surface area contributed by atoms with Gasteiger partial charge in [0.1, 0.15) is 12.1 Å². The zero-order valence-corrected chi connectivity index (χ0v) is 29.9. The first-order valence-electron chi connectivity index (χ1n) is 16.0. The number of benzene rings is 2. The van der Waals surface area contributed by atoms with Crippen molar-refractivity contribution >= 4 is 53.1 Å². The minimum atomic E-state index is -1.65. The zero-order chi connectivity index (χ0) is 38.3. The van der Waals surface area contributed by atoms with E-state index >= 15 is 0 Å². The number of Topliss-reactive ketones (excluding diaryl/α,β-unsaturated/α-hetero) is 1. The molecule has 0 saturated carbocycles. The monoisotopic (exact) mass is 707 g/mol. The highest BCUT2D eigenvalue weighted by Gasteiger charge is 2.47. The Hall–Kier alpha value is -5.86. The Morgan fingerprint density at radius 2 is 1.31 bits per heavy atom. The summed E-state index contributed by atoms with van der Waals surface area (Å²) in [5.41, 5.74) is 0.198. The Labute approximate surface area is 295 Å². The molecule has 51 heavy (non-hydrogen) atoms. The number of carbonyl (C=O) groups is 8. The SMILES string of the molecule is CC(=O)Oc1cc(C2=CN(C(C)=O)C(C(C)C)C(=O)N2N(C(C)=O)[C@@H](Cc2ccccc2)C(=O)C(=O)OC(C)C)cc(OC(C)=O)c1OC(C)=O. The van der Waals surface area contributed by atoms with Gasteiger partial charge in [0.05, 0.1) is 11.8 Å². The van der Waals surface area contributed by atoms with E-state index in [0.29, 0.717) is 5.56 Å². The zero-order valence-electron chi connectivity index (χ0n) is 29.9. The highest BCUT2D eigenvalue weighted by atomic mass is 16.6. The van der Waals surface area contributed by atoms with E-state index in [9.17, 15) is 38.4 Å². The molecule has 1 heterocycles. The molecule has 2 aromatic rings. The number of rotatable bonds is 12. The smallest absolute Gasteiger partial charge is 0.377 e. The minimum Gasteiger partial charge on any atom is -0.457 e. The summed E-state index contributed by atoms with van der Waals surface area (Å²) in [5.74, 6) is -9.09. The predicted molar refractivity (Wildman–Crippen MR) is 179 cm³/mol. The van der Waals surface area contributed by atoms with Crippen LogP contribution >= 0.6 is 0 Å². The lowest BCUT2D eigenvalue weighted by atomic mass is 9.96. The molecule has 2 atom stereocenters. The molecular weight excluding hydrogens is 666 g/mol. The van der Waals surface area contributed by atoms with Crippen molar-refractivity contribution in [3.8, 4) is 17.2 Å².